The number of rotatable bonds is 5. The molecule has 1 aromatic carbocycles. The Morgan fingerprint density at radius 3 is 2.58 bits per heavy atom. The van der Waals surface area contributed by atoms with E-state index in [1.165, 1.54) is 25.7 Å². The van der Waals surface area contributed by atoms with Crippen LogP contribution < -0.4 is 5.32 Å². The maximum Gasteiger partial charge on any atom is 0.0451 e. The maximum atomic E-state index is 6.15. The van der Waals surface area contributed by atoms with E-state index >= 15 is 0 Å². The fourth-order valence-electron chi connectivity index (χ4n) is 2.83. The molecule has 0 amide bonds. The molecule has 0 heterocycles. The van der Waals surface area contributed by atoms with Crippen molar-refractivity contribution < 1.29 is 0 Å². The first-order valence-corrected chi connectivity index (χ1v) is 8.20. The molecule has 1 aliphatic carbocycles. The van der Waals surface area contributed by atoms with E-state index in [2.05, 4.69) is 5.32 Å². The van der Waals surface area contributed by atoms with Gasteiger partial charge in [-0.05, 0) is 55.0 Å². The van der Waals surface area contributed by atoms with Crippen LogP contribution >= 0.6 is 34.8 Å². The van der Waals surface area contributed by atoms with Gasteiger partial charge in [0.2, 0.25) is 0 Å². The first kappa shape index (κ1) is 15.4. The lowest BCUT2D eigenvalue weighted by Gasteiger charge is -2.30. The van der Waals surface area contributed by atoms with E-state index in [9.17, 15) is 0 Å². The fraction of sp³-hybridized carbons (Fsp3) is 0.600. The van der Waals surface area contributed by atoms with Crippen molar-refractivity contribution >= 4 is 34.8 Å². The standard InChI is InChI=1S/C15H20Cl3N/c16-8-11-3-1-2-4-12(11)9-19-10-13-7-14(17)5-6-15(13)18/h5-7,11-12,19H,1-4,8-10H2. The highest BCUT2D eigenvalue weighted by Gasteiger charge is 2.23. The van der Waals surface area contributed by atoms with Gasteiger partial charge in [-0.15, -0.1) is 11.6 Å². The van der Waals surface area contributed by atoms with Gasteiger partial charge in [0.05, 0.1) is 0 Å². The monoisotopic (exact) mass is 319 g/mol. The van der Waals surface area contributed by atoms with Crippen LogP contribution in [0.1, 0.15) is 31.2 Å². The molecule has 2 rings (SSSR count). The summed E-state index contributed by atoms with van der Waals surface area (Å²) < 4.78 is 0. The highest BCUT2D eigenvalue weighted by atomic mass is 35.5. The number of benzene rings is 1. The van der Waals surface area contributed by atoms with Crippen LogP contribution in [0.15, 0.2) is 18.2 Å². The molecule has 2 unspecified atom stereocenters. The molecular formula is C15H20Cl3N. The summed E-state index contributed by atoms with van der Waals surface area (Å²) in [6.07, 6.45) is 5.22. The lowest BCUT2D eigenvalue weighted by molar-refractivity contribution is 0.250. The molecular weight excluding hydrogens is 301 g/mol. The Bertz CT molecular complexity index is 408. The van der Waals surface area contributed by atoms with Gasteiger partial charge >= 0.3 is 0 Å². The van der Waals surface area contributed by atoms with Crippen LogP contribution in [0.4, 0.5) is 0 Å². The van der Waals surface area contributed by atoms with Gasteiger partial charge in [0.15, 0.2) is 0 Å². The molecule has 1 N–H and O–H groups in total. The van der Waals surface area contributed by atoms with Crippen LogP contribution in [-0.4, -0.2) is 12.4 Å². The smallest absolute Gasteiger partial charge is 0.0451 e. The van der Waals surface area contributed by atoms with Crippen molar-refractivity contribution in [3.63, 3.8) is 0 Å². The molecule has 0 aliphatic heterocycles. The average molecular weight is 321 g/mol. The van der Waals surface area contributed by atoms with Gasteiger partial charge in [0, 0.05) is 22.5 Å². The predicted octanol–water partition coefficient (Wildman–Crippen LogP) is 5.13. The van der Waals surface area contributed by atoms with Crippen LogP contribution in [0, 0.1) is 11.8 Å². The topological polar surface area (TPSA) is 12.0 Å². The molecule has 1 nitrogen and oxygen atoms in total. The third-order valence-electron chi connectivity index (χ3n) is 3.99. The second-order valence-corrected chi connectivity index (χ2v) is 6.48. The Morgan fingerprint density at radius 2 is 1.84 bits per heavy atom. The summed E-state index contributed by atoms with van der Waals surface area (Å²) in [5, 5.41) is 5.01. The van der Waals surface area contributed by atoms with Crippen LogP contribution in [0.2, 0.25) is 10.0 Å². The zero-order valence-corrected chi connectivity index (χ0v) is 13.2. The van der Waals surface area contributed by atoms with E-state index in [-0.39, 0.29) is 0 Å². The number of hydrogen-bond acceptors (Lipinski definition) is 1. The molecule has 2 atom stereocenters. The molecule has 0 bridgehead atoms. The van der Waals surface area contributed by atoms with Gasteiger partial charge in [0.25, 0.3) is 0 Å². The third-order valence-corrected chi connectivity index (χ3v) is 4.99. The van der Waals surface area contributed by atoms with Crippen LogP contribution in [-0.2, 0) is 6.54 Å². The van der Waals surface area contributed by atoms with Gasteiger partial charge in [-0.3, -0.25) is 0 Å². The number of alkyl halides is 1. The SMILES string of the molecule is ClCC1CCCCC1CNCc1cc(Cl)ccc1Cl. The minimum Gasteiger partial charge on any atom is -0.312 e. The predicted molar refractivity (Wildman–Crippen MR) is 84.3 cm³/mol. The zero-order valence-electron chi connectivity index (χ0n) is 11.0. The highest BCUT2D eigenvalue weighted by Crippen LogP contribution is 2.30. The van der Waals surface area contributed by atoms with Crippen molar-refractivity contribution in [1.82, 2.24) is 5.32 Å². The summed E-state index contributed by atoms with van der Waals surface area (Å²) in [7, 11) is 0. The minimum absolute atomic E-state index is 0.665. The Hall–Kier alpha value is 0.0500. The van der Waals surface area contributed by atoms with Crippen molar-refractivity contribution in [2.45, 2.75) is 32.2 Å². The summed E-state index contributed by atoms with van der Waals surface area (Å²) >= 11 is 18.2. The summed E-state index contributed by atoms with van der Waals surface area (Å²) in [4.78, 5) is 0. The Morgan fingerprint density at radius 1 is 1.11 bits per heavy atom. The molecule has 1 aliphatic rings. The van der Waals surface area contributed by atoms with Crippen molar-refractivity contribution in [2.24, 2.45) is 11.8 Å². The van der Waals surface area contributed by atoms with Crippen molar-refractivity contribution in [3.8, 4) is 0 Å². The maximum absolute atomic E-state index is 6.15. The lowest BCUT2D eigenvalue weighted by atomic mass is 9.80. The van der Waals surface area contributed by atoms with E-state index in [4.69, 9.17) is 34.8 Å². The van der Waals surface area contributed by atoms with E-state index < -0.39 is 0 Å². The molecule has 0 saturated heterocycles. The van der Waals surface area contributed by atoms with Crippen molar-refractivity contribution in [1.29, 1.82) is 0 Å². The van der Waals surface area contributed by atoms with Crippen LogP contribution in [0.25, 0.3) is 0 Å². The largest absolute Gasteiger partial charge is 0.312 e. The molecule has 4 heteroatoms. The van der Waals surface area contributed by atoms with Crippen LogP contribution in [0.3, 0.4) is 0 Å². The highest BCUT2D eigenvalue weighted by molar-refractivity contribution is 6.33. The number of halogens is 3. The zero-order chi connectivity index (χ0) is 13.7. The van der Waals surface area contributed by atoms with E-state index in [0.717, 1.165) is 34.6 Å². The van der Waals surface area contributed by atoms with Gasteiger partial charge in [0.1, 0.15) is 0 Å². The van der Waals surface area contributed by atoms with E-state index in [1.807, 2.05) is 18.2 Å². The number of nitrogens with one attached hydrogen (secondary N) is 1. The first-order valence-electron chi connectivity index (χ1n) is 6.91. The number of hydrogen-bond donors (Lipinski definition) is 1. The minimum atomic E-state index is 0.665. The second-order valence-electron chi connectivity index (χ2n) is 5.33. The van der Waals surface area contributed by atoms with Gasteiger partial charge in [-0.2, -0.15) is 0 Å². The molecule has 0 radical (unpaired) electrons. The molecule has 0 spiro atoms. The Kier molecular flexibility index (Phi) is 6.28. The lowest BCUT2D eigenvalue weighted by Crippen LogP contribution is -2.31. The van der Waals surface area contributed by atoms with E-state index in [1.54, 1.807) is 0 Å². The third kappa shape index (κ3) is 4.53. The molecule has 106 valence electrons. The summed E-state index contributed by atoms with van der Waals surface area (Å²) in [6.45, 7) is 1.78. The van der Waals surface area contributed by atoms with Gasteiger partial charge in [-0.25, -0.2) is 0 Å². The van der Waals surface area contributed by atoms with Crippen molar-refractivity contribution in [2.75, 3.05) is 12.4 Å². The molecule has 1 aromatic rings. The summed E-state index contributed by atoms with van der Waals surface area (Å²) in [5.41, 5.74) is 1.06. The quantitative estimate of drug-likeness (QED) is 0.742. The molecule has 19 heavy (non-hydrogen) atoms. The Labute approximate surface area is 130 Å². The summed E-state index contributed by atoms with van der Waals surface area (Å²) in [6, 6.07) is 5.60. The first-order chi connectivity index (χ1) is 9.20. The van der Waals surface area contributed by atoms with Crippen LogP contribution in [0.5, 0.6) is 0 Å². The second kappa shape index (κ2) is 7.73. The molecule has 0 aromatic heterocycles. The normalized spacial score (nSPS) is 23.5. The van der Waals surface area contributed by atoms with Gasteiger partial charge in [-0.1, -0.05) is 36.0 Å². The fourth-order valence-corrected chi connectivity index (χ4v) is 3.61. The Balaban J connectivity index is 1.83. The van der Waals surface area contributed by atoms with Gasteiger partial charge < -0.3 is 5.32 Å². The molecule has 1 saturated carbocycles. The average Bonchev–Trinajstić information content (AvgIpc) is 2.43. The molecule has 1 fully saturated rings. The van der Waals surface area contributed by atoms with Crippen molar-refractivity contribution in [3.05, 3.63) is 33.8 Å². The summed E-state index contributed by atoms with van der Waals surface area (Å²) in [5.74, 6) is 2.14. The van der Waals surface area contributed by atoms with E-state index in [0.29, 0.717) is 11.8 Å².